The Morgan fingerprint density at radius 2 is 1.95 bits per heavy atom. The summed E-state index contributed by atoms with van der Waals surface area (Å²) < 4.78 is 27.0. The van der Waals surface area contributed by atoms with E-state index in [1.807, 2.05) is 6.07 Å². The van der Waals surface area contributed by atoms with E-state index in [9.17, 15) is 8.42 Å². The molecule has 1 atom stereocenters. The number of sulfonamides is 1. The van der Waals surface area contributed by atoms with Crippen molar-refractivity contribution in [2.24, 2.45) is 5.92 Å². The molecule has 0 spiro atoms. The Kier molecular flexibility index (Phi) is 4.54. The van der Waals surface area contributed by atoms with Crippen LogP contribution in [0, 0.1) is 5.92 Å². The first-order valence-corrected chi connectivity index (χ1v) is 8.55. The summed E-state index contributed by atoms with van der Waals surface area (Å²) in [6.45, 7) is 4.63. The average molecular weight is 306 g/mol. The van der Waals surface area contributed by atoms with Gasteiger partial charge in [-0.3, -0.25) is 0 Å². The summed E-state index contributed by atoms with van der Waals surface area (Å²) in [5.41, 5.74) is 6.40. The quantitative estimate of drug-likeness (QED) is 0.863. The van der Waals surface area contributed by atoms with Gasteiger partial charge in [-0.05, 0) is 29.5 Å². The van der Waals surface area contributed by atoms with E-state index in [0.717, 1.165) is 11.8 Å². The zero-order valence-corrected chi connectivity index (χ0v) is 13.5. The fraction of sp³-hybridized carbons (Fsp3) is 0.375. The second kappa shape index (κ2) is 6.03. The van der Waals surface area contributed by atoms with Crippen LogP contribution in [0.5, 0.6) is 0 Å². The zero-order valence-electron chi connectivity index (χ0n) is 12.7. The predicted octanol–water partition coefficient (Wildman–Crippen LogP) is 3.09. The van der Waals surface area contributed by atoms with E-state index in [1.54, 1.807) is 37.4 Å². The minimum atomic E-state index is -3.49. The molecule has 0 aromatic heterocycles. The van der Waals surface area contributed by atoms with Crippen molar-refractivity contribution in [3.05, 3.63) is 36.4 Å². The van der Waals surface area contributed by atoms with E-state index in [0.29, 0.717) is 28.4 Å². The topological polar surface area (TPSA) is 63.4 Å². The van der Waals surface area contributed by atoms with Crippen LogP contribution in [0.25, 0.3) is 10.8 Å². The lowest BCUT2D eigenvalue weighted by atomic mass is 10.1. The van der Waals surface area contributed by atoms with Crippen LogP contribution in [0.4, 0.5) is 5.69 Å². The van der Waals surface area contributed by atoms with E-state index in [1.165, 1.54) is 4.31 Å². The van der Waals surface area contributed by atoms with Gasteiger partial charge in [0.1, 0.15) is 0 Å². The number of rotatable bonds is 5. The highest BCUT2D eigenvalue weighted by Gasteiger charge is 2.23. The summed E-state index contributed by atoms with van der Waals surface area (Å²) >= 11 is 0. The van der Waals surface area contributed by atoms with E-state index < -0.39 is 10.0 Å². The Morgan fingerprint density at radius 1 is 1.24 bits per heavy atom. The molecule has 21 heavy (non-hydrogen) atoms. The monoisotopic (exact) mass is 306 g/mol. The summed E-state index contributed by atoms with van der Waals surface area (Å²) in [4.78, 5) is 0.339. The van der Waals surface area contributed by atoms with Crippen LogP contribution >= 0.6 is 0 Å². The largest absolute Gasteiger partial charge is 0.399 e. The highest BCUT2D eigenvalue weighted by molar-refractivity contribution is 7.89. The smallest absolute Gasteiger partial charge is 0.243 e. The first-order chi connectivity index (χ1) is 9.86. The maximum absolute atomic E-state index is 12.8. The fourth-order valence-corrected chi connectivity index (χ4v) is 3.83. The summed E-state index contributed by atoms with van der Waals surface area (Å²) in [5.74, 6) is 0.329. The van der Waals surface area contributed by atoms with Crippen LogP contribution in [0.2, 0.25) is 0 Å². The molecule has 0 heterocycles. The van der Waals surface area contributed by atoms with Crippen LogP contribution in [0.15, 0.2) is 41.3 Å². The van der Waals surface area contributed by atoms with Crippen molar-refractivity contribution in [3.63, 3.8) is 0 Å². The molecule has 0 saturated heterocycles. The third-order valence-electron chi connectivity index (χ3n) is 3.82. The van der Waals surface area contributed by atoms with Crippen LogP contribution in [-0.4, -0.2) is 26.3 Å². The molecule has 0 saturated carbocycles. The molecule has 0 amide bonds. The Balaban J connectivity index is 2.50. The number of benzene rings is 2. The summed E-state index contributed by atoms with van der Waals surface area (Å²) in [5, 5.41) is 1.55. The molecule has 0 radical (unpaired) electrons. The highest BCUT2D eigenvalue weighted by atomic mass is 32.2. The fourth-order valence-electron chi connectivity index (χ4n) is 2.33. The first kappa shape index (κ1) is 15.8. The highest BCUT2D eigenvalue weighted by Crippen LogP contribution is 2.27. The van der Waals surface area contributed by atoms with Crippen LogP contribution in [0.1, 0.15) is 20.3 Å². The van der Waals surface area contributed by atoms with Gasteiger partial charge in [-0.1, -0.05) is 38.5 Å². The lowest BCUT2D eigenvalue weighted by Gasteiger charge is -2.21. The van der Waals surface area contributed by atoms with Crippen molar-refractivity contribution < 1.29 is 8.42 Å². The number of anilines is 1. The summed E-state index contributed by atoms with van der Waals surface area (Å²) in [6, 6.07) is 10.6. The Hall–Kier alpha value is -1.59. The normalized spacial score (nSPS) is 13.7. The molecule has 0 aliphatic heterocycles. The lowest BCUT2D eigenvalue weighted by Crippen LogP contribution is -2.31. The Bertz CT molecular complexity index is 741. The number of nitrogens with two attached hydrogens (primary N) is 1. The van der Waals surface area contributed by atoms with E-state index in [2.05, 4.69) is 13.8 Å². The molecule has 2 N–H and O–H groups in total. The van der Waals surface area contributed by atoms with Crippen molar-refractivity contribution in [1.29, 1.82) is 0 Å². The van der Waals surface area contributed by atoms with E-state index in [-0.39, 0.29) is 0 Å². The van der Waals surface area contributed by atoms with Crippen molar-refractivity contribution in [2.75, 3.05) is 19.3 Å². The van der Waals surface area contributed by atoms with Crippen molar-refractivity contribution in [2.45, 2.75) is 25.2 Å². The van der Waals surface area contributed by atoms with Gasteiger partial charge in [0.2, 0.25) is 10.0 Å². The van der Waals surface area contributed by atoms with Gasteiger partial charge in [0.25, 0.3) is 0 Å². The zero-order chi connectivity index (χ0) is 15.6. The number of fused-ring (bicyclic) bond motifs is 1. The number of nitrogens with zero attached hydrogens (tertiary/aromatic N) is 1. The van der Waals surface area contributed by atoms with Gasteiger partial charge in [-0.15, -0.1) is 0 Å². The molecule has 2 rings (SSSR count). The van der Waals surface area contributed by atoms with Crippen LogP contribution in [-0.2, 0) is 10.0 Å². The molecule has 4 nitrogen and oxygen atoms in total. The number of hydrogen-bond donors (Lipinski definition) is 1. The van der Waals surface area contributed by atoms with Gasteiger partial charge >= 0.3 is 0 Å². The van der Waals surface area contributed by atoms with Crippen molar-refractivity contribution in [3.8, 4) is 0 Å². The third-order valence-corrected chi connectivity index (χ3v) is 5.70. The SMILES string of the molecule is CCC(C)CN(C)S(=O)(=O)c1cccc2cc(N)ccc12. The molecular weight excluding hydrogens is 284 g/mol. The average Bonchev–Trinajstić information content (AvgIpc) is 2.45. The predicted molar refractivity (Wildman–Crippen MR) is 87.6 cm³/mol. The molecule has 2 aromatic carbocycles. The summed E-state index contributed by atoms with van der Waals surface area (Å²) in [6.07, 6.45) is 0.950. The number of nitrogen functional groups attached to an aromatic ring is 1. The molecule has 2 aromatic rings. The van der Waals surface area contributed by atoms with E-state index in [4.69, 9.17) is 5.73 Å². The first-order valence-electron chi connectivity index (χ1n) is 7.11. The molecule has 0 fully saturated rings. The minimum absolute atomic E-state index is 0.329. The molecule has 0 aliphatic rings. The van der Waals surface area contributed by atoms with Gasteiger partial charge in [0.15, 0.2) is 0 Å². The maximum atomic E-state index is 12.8. The number of hydrogen-bond acceptors (Lipinski definition) is 3. The second-order valence-corrected chi connectivity index (χ2v) is 7.55. The van der Waals surface area contributed by atoms with Gasteiger partial charge < -0.3 is 5.73 Å². The molecule has 0 bridgehead atoms. The second-order valence-electron chi connectivity index (χ2n) is 5.54. The molecular formula is C16H22N2O2S. The standard InChI is InChI=1S/C16H22N2O2S/c1-4-12(2)11-18(3)21(19,20)16-7-5-6-13-10-14(17)8-9-15(13)16/h5-10,12H,4,11,17H2,1-3H3. The van der Waals surface area contributed by atoms with Crippen LogP contribution < -0.4 is 5.73 Å². The third kappa shape index (κ3) is 3.19. The molecule has 0 aliphatic carbocycles. The van der Waals surface area contributed by atoms with Crippen molar-refractivity contribution >= 4 is 26.5 Å². The van der Waals surface area contributed by atoms with Gasteiger partial charge in [0, 0.05) is 24.7 Å². The molecule has 5 heteroatoms. The lowest BCUT2D eigenvalue weighted by molar-refractivity contribution is 0.394. The summed E-state index contributed by atoms with van der Waals surface area (Å²) in [7, 11) is -1.85. The molecule has 114 valence electrons. The molecule has 1 unspecified atom stereocenters. The van der Waals surface area contributed by atoms with Gasteiger partial charge in [0.05, 0.1) is 4.90 Å². The van der Waals surface area contributed by atoms with Gasteiger partial charge in [-0.25, -0.2) is 12.7 Å². The van der Waals surface area contributed by atoms with E-state index >= 15 is 0 Å². The minimum Gasteiger partial charge on any atom is -0.399 e. The maximum Gasteiger partial charge on any atom is 0.243 e. The van der Waals surface area contributed by atoms with Crippen LogP contribution in [0.3, 0.4) is 0 Å². The Labute approximate surface area is 126 Å². The Morgan fingerprint density at radius 3 is 2.62 bits per heavy atom. The van der Waals surface area contributed by atoms with Gasteiger partial charge in [-0.2, -0.15) is 0 Å². The van der Waals surface area contributed by atoms with Crippen molar-refractivity contribution in [1.82, 2.24) is 4.31 Å².